The number of hydrogen-bond donors (Lipinski definition) is 0. The molecule has 3 aromatic rings. The van der Waals surface area contributed by atoms with Gasteiger partial charge in [0, 0.05) is 10.2 Å². The summed E-state index contributed by atoms with van der Waals surface area (Å²) in [6.45, 7) is 0. The Hall–Kier alpha value is -2.67. The van der Waals surface area contributed by atoms with E-state index in [1.54, 1.807) is 42.7 Å². The van der Waals surface area contributed by atoms with E-state index >= 15 is 0 Å². The van der Waals surface area contributed by atoms with Crippen LogP contribution in [0, 0.1) is 0 Å². The molecule has 287 valence electrons. The Morgan fingerprint density at radius 1 is 0.396 bits per heavy atom. The van der Waals surface area contributed by atoms with E-state index < -0.39 is 0 Å². The van der Waals surface area contributed by atoms with Crippen molar-refractivity contribution in [2.45, 2.75) is 119 Å². The average Bonchev–Trinajstić information content (AvgIpc) is 3.19. The van der Waals surface area contributed by atoms with Gasteiger partial charge in [-0.1, -0.05) is 151 Å². The Bertz CT molecular complexity index is 1270. The first-order chi connectivity index (χ1) is 25.9. The highest BCUT2D eigenvalue weighted by Gasteiger charge is 2.23. The summed E-state index contributed by atoms with van der Waals surface area (Å²) >= 11 is 0. The maximum Gasteiger partial charge on any atom is 0.160 e. The Morgan fingerprint density at radius 2 is 0.679 bits per heavy atom. The van der Waals surface area contributed by atoms with Gasteiger partial charge in [-0.3, -0.25) is 0 Å². The average molecular weight is 788 g/mol. The van der Waals surface area contributed by atoms with Crippen LogP contribution in [-0.2, 0) is 0 Å². The lowest BCUT2D eigenvalue weighted by atomic mass is 9.88. The zero-order valence-corrected chi connectivity index (χ0v) is 37.4. The molecule has 0 amide bonds. The molecule has 3 rings (SSSR count). The van der Waals surface area contributed by atoms with Crippen LogP contribution >= 0.6 is 0 Å². The van der Waals surface area contributed by atoms with Crippen molar-refractivity contribution in [1.29, 1.82) is 0 Å². The van der Waals surface area contributed by atoms with E-state index in [-0.39, 0.29) is 5.04 Å². The fraction of sp³-hybridized carbons (Fsp3) is 0.581. The minimum absolute atomic E-state index is 0.251. The predicted molar refractivity (Wildman–Crippen MR) is 227 cm³/mol. The standard InChI is InChI=1S/C43H63O6Si4/c1-44-34-22-19-25-37(40(34)47-4)51-31-16-10-7-13-28-43(50,29-14-8-11-17-32-52-38-26-20-23-35(45-2)41(38)48-5)30-15-9-12-18-33-53-39-27-21-24-36(46-3)42(39)49-6/h19-27H,7-18,28-33H2,1-6H3. The van der Waals surface area contributed by atoms with E-state index in [1.807, 2.05) is 18.2 Å². The van der Waals surface area contributed by atoms with Crippen LogP contribution in [0.2, 0.25) is 23.2 Å². The Kier molecular flexibility index (Phi) is 22.1. The molecule has 10 heteroatoms. The molecular weight excluding hydrogens is 725 g/mol. The molecule has 6 nitrogen and oxygen atoms in total. The van der Waals surface area contributed by atoms with Crippen molar-refractivity contribution in [3.05, 3.63) is 54.6 Å². The van der Waals surface area contributed by atoms with E-state index in [0.717, 1.165) is 63.1 Å². The monoisotopic (exact) mass is 787 g/mol. The zero-order chi connectivity index (χ0) is 38.2. The zero-order valence-electron chi connectivity index (χ0n) is 33.4. The molecule has 0 N–H and O–H groups in total. The van der Waals surface area contributed by atoms with Crippen LogP contribution < -0.4 is 44.0 Å². The van der Waals surface area contributed by atoms with Crippen molar-refractivity contribution in [3.63, 3.8) is 0 Å². The van der Waals surface area contributed by atoms with E-state index in [2.05, 4.69) is 46.6 Å². The largest absolute Gasteiger partial charge is 0.493 e. The molecule has 0 aliphatic carbocycles. The molecule has 0 unspecified atom stereocenters. The van der Waals surface area contributed by atoms with Gasteiger partial charge in [-0.25, -0.2) is 0 Å². The molecule has 3 aromatic carbocycles. The van der Waals surface area contributed by atoms with E-state index in [0.29, 0.717) is 0 Å². The van der Waals surface area contributed by atoms with Gasteiger partial charge in [0.2, 0.25) is 0 Å². The van der Waals surface area contributed by atoms with Crippen LogP contribution in [0.3, 0.4) is 0 Å². The molecular formula is C43H63O6Si4. The predicted octanol–water partition coefficient (Wildman–Crippen LogP) is 8.56. The first-order valence-electron chi connectivity index (χ1n) is 19.5. The van der Waals surface area contributed by atoms with Crippen LogP contribution in [0.5, 0.6) is 34.5 Å². The lowest BCUT2D eigenvalue weighted by Gasteiger charge is -2.30. The quantitative estimate of drug-likeness (QED) is 0.0499. The van der Waals surface area contributed by atoms with Gasteiger partial charge in [0.05, 0.1) is 71.2 Å². The van der Waals surface area contributed by atoms with Crippen LogP contribution in [0.15, 0.2) is 54.6 Å². The van der Waals surface area contributed by atoms with Crippen molar-refractivity contribution in [1.82, 2.24) is 0 Å². The Balaban J connectivity index is 1.40. The molecule has 0 atom stereocenters. The summed E-state index contributed by atoms with van der Waals surface area (Å²) in [6, 6.07) is 22.3. The van der Waals surface area contributed by atoms with Gasteiger partial charge in [-0.2, -0.15) is 0 Å². The second kappa shape index (κ2) is 26.2. The van der Waals surface area contributed by atoms with E-state index in [4.69, 9.17) is 28.4 Å². The summed E-state index contributed by atoms with van der Waals surface area (Å²) in [5.41, 5.74) is 0. The fourth-order valence-corrected chi connectivity index (χ4v) is 11.4. The molecule has 0 spiro atoms. The lowest BCUT2D eigenvalue weighted by molar-refractivity contribution is 0.357. The van der Waals surface area contributed by atoms with Crippen molar-refractivity contribution in [2.75, 3.05) is 42.7 Å². The van der Waals surface area contributed by atoms with Gasteiger partial charge >= 0.3 is 0 Å². The number of rotatable bonds is 30. The molecule has 9 radical (unpaired) electrons. The van der Waals surface area contributed by atoms with Gasteiger partial charge in [0.15, 0.2) is 34.5 Å². The number of ether oxygens (including phenoxy) is 6. The van der Waals surface area contributed by atoms with Crippen molar-refractivity contribution >= 4 is 54.4 Å². The lowest BCUT2D eigenvalue weighted by Crippen LogP contribution is -2.17. The highest BCUT2D eigenvalue weighted by molar-refractivity contribution is 6.55. The number of benzene rings is 3. The first kappa shape index (κ1) is 44.7. The van der Waals surface area contributed by atoms with Gasteiger partial charge in [-0.05, 0) is 38.8 Å². The van der Waals surface area contributed by atoms with Crippen LogP contribution in [0.4, 0.5) is 0 Å². The van der Waals surface area contributed by atoms with Crippen molar-refractivity contribution in [2.24, 2.45) is 0 Å². The molecule has 0 saturated heterocycles. The summed E-state index contributed by atoms with van der Waals surface area (Å²) in [7, 11) is 17.0. The van der Waals surface area contributed by atoms with Crippen molar-refractivity contribution < 1.29 is 28.4 Å². The SMILES string of the molecule is COc1cccc([Si]CCCCCCC([Si])(CCCCCC[Si]c2cccc(OC)c2OC)CCCCCC[Si]c2cccc(OC)c2OC)c1OC. The number of unbranched alkanes of at least 4 members (excludes halogenated alkanes) is 9. The highest BCUT2D eigenvalue weighted by atomic mass is 28.2. The summed E-state index contributed by atoms with van der Waals surface area (Å²) in [4.78, 5) is 0. The second-order valence-electron chi connectivity index (χ2n) is 13.7. The topological polar surface area (TPSA) is 55.4 Å². The minimum atomic E-state index is 0.251. The third kappa shape index (κ3) is 15.5. The van der Waals surface area contributed by atoms with E-state index in [9.17, 15) is 0 Å². The summed E-state index contributed by atoms with van der Waals surface area (Å²) < 4.78 is 33.4. The molecule has 0 saturated carbocycles. The van der Waals surface area contributed by atoms with E-state index in [1.165, 1.54) is 130 Å². The third-order valence-corrected chi connectivity index (χ3v) is 14.8. The number of para-hydroxylation sites is 3. The maximum atomic E-state index is 5.65. The molecule has 53 heavy (non-hydrogen) atoms. The summed E-state index contributed by atoms with van der Waals surface area (Å²) in [6.07, 6.45) is 19.2. The van der Waals surface area contributed by atoms with Gasteiger partial charge in [0.25, 0.3) is 0 Å². The third-order valence-electron chi connectivity index (χ3n) is 9.90. The molecule has 0 bridgehead atoms. The summed E-state index contributed by atoms with van der Waals surface area (Å²) in [5, 5.41) is 4.06. The normalized spacial score (nSPS) is 11.4. The minimum Gasteiger partial charge on any atom is -0.493 e. The number of methoxy groups -OCH3 is 6. The first-order valence-corrected chi connectivity index (χ1v) is 23.6. The Labute approximate surface area is 332 Å². The Morgan fingerprint density at radius 3 is 0.943 bits per heavy atom. The molecule has 0 aromatic heterocycles. The smallest absolute Gasteiger partial charge is 0.160 e. The number of hydrogen-bond acceptors (Lipinski definition) is 6. The molecule has 0 heterocycles. The molecule has 0 aliphatic rings. The molecule has 0 fully saturated rings. The maximum absolute atomic E-state index is 5.65. The summed E-state index contributed by atoms with van der Waals surface area (Å²) in [5.74, 6) is 5.17. The fourth-order valence-electron chi connectivity index (χ4n) is 6.95. The van der Waals surface area contributed by atoms with Gasteiger partial charge < -0.3 is 28.4 Å². The molecule has 0 aliphatic heterocycles. The highest BCUT2D eigenvalue weighted by Crippen LogP contribution is 2.41. The van der Waals surface area contributed by atoms with Gasteiger partial charge in [0.1, 0.15) is 0 Å². The van der Waals surface area contributed by atoms with Crippen LogP contribution in [0.25, 0.3) is 0 Å². The van der Waals surface area contributed by atoms with Gasteiger partial charge in [-0.15, -0.1) is 0 Å². The second-order valence-corrected chi connectivity index (χ2v) is 18.9. The van der Waals surface area contributed by atoms with Crippen molar-refractivity contribution in [3.8, 4) is 34.5 Å². The van der Waals surface area contributed by atoms with Crippen LogP contribution in [-0.4, -0.2) is 81.5 Å². The van der Waals surface area contributed by atoms with Crippen LogP contribution in [0.1, 0.15) is 96.3 Å².